The minimum Gasteiger partial charge on any atom is -0.460 e. The van der Waals surface area contributed by atoms with Crippen LogP contribution in [0.5, 0.6) is 0 Å². The van der Waals surface area contributed by atoms with Crippen molar-refractivity contribution < 1.29 is 14.3 Å². The zero-order valence-electron chi connectivity index (χ0n) is 13.5. The first-order valence-electron chi connectivity index (χ1n) is 7.12. The molecule has 1 rings (SSSR count). The Labute approximate surface area is 126 Å². The molecular formula is C17H25NO3. The summed E-state index contributed by atoms with van der Waals surface area (Å²) >= 11 is 0. The van der Waals surface area contributed by atoms with Crippen LogP contribution in [0.15, 0.2) is 30.3 Å². The van der Waals surface area contributed by atoms with Gasteiger partial charge in [-0.25, -0.2) is 0 Å². The molecule has 0 saturated carbocycles. The summed E-state index contributed by atoms with van der Waals surface area (Å²) in [7, 11) is 1.60. The van der Waals surface area contributed by atoms with Crippen molar-refractivity contribution >= 4 is 11.9 Å². The number of carbonyl (C=O) groups is 2. The molecule has 21 heavy (non-hydrogen) atoms. The number of ether oxygens (including phenoxy) is 1. The predicted molar refractivity (Wildman–Crippen MR) is 82.5 cm³/mol. The highest BCUT2D eigenvalue weighted by molar-refractivity contribution is 5.83. The molecule has 1 amide bonds. The van der Waals surface area contributed by atoms with Crippen LogP contribution in [0.25, 0.3) is 0 Å². The van der Waals surface area contributed by atoms with Gasteiger partial charge in [-0.2, -0.15) is 0 Å². The van der Waals surface area contributed by atoms with Gasteiger partial charge in [-0.15, -0.1) is 0 Å². The molecule has 0 heterocycles. The maximum atomic E-state index is 12.3. The van der Waals surface area contributed by atoms with Crippen LogP contribution >= 0.6 is 0 Å². The SMILES string of the molecule is CNC(=O)C(C)(C)CC(C)(C)C(=O)OCc1ccccc1. The van der Waals surface area contributed by atoms with Crippen LogP contribution in [-0.4, -0.2) is 18.9 Å². The molecule has 0 saturated heterocycles. The van der Waals surface area contributed by atoms with E-state index >= 15 is 0 Å². The largest absolute Gasteiger partial charge is 0.460 e. The number of carbonyl (C=O) groups excluding carboxylic acids is 2. The van der Waals surface area contributed by atoms with Gasteiger partial charge in [0.05, 0.1) is 5.41 Å². The molecule has 0 radical (unpaired) electrons. The Kier molecular flexibility index (Phi) is 5.53. The van der Waals surface area contributed by atoms with Crippen molar-refractivity contribution in [2.75, 3.05) is 7.05 Å². The maximum Gasteiger partial charge on any atom is 0.311 e. The first kappa shape index (κ1) is 17.2. The quantitative estimate of drug-likeness (QED) is 0.820. The Morgan fingerprint density at radius 1 is 1.05 bits per heavy atom. The average molecular weight is 291 g/mol. The predicted octanol–water partition coefficient (Wildman–Crippen LogP) is 2.92. The van der Waals surface area contributed by atoms with E-state index in [0.717, 1.165) is 5.56 Å². The number of hydrogen-bond donors (Lipinski definition) is 1. The number of rotatable bonds is 6. The molecule has 0 spiro atoms. The van der Waals surface area contributed by atoms with Gasteiger partial charge in [-0.05, 0) is 25.8 Å². The first-order valence-corrected chi connectivity index (χ1v) is 7.12. The van der Waals surface area contributed by atoms with Crippen molar-refractivity contribution in [1.29, 1.82) is 0 Å². The standard InChI is InChI=1S/C17H25NO3/c1-16(2,14(19)18-5)12-17(3,4)15(20)21-11-13-9-7-6-8-10-13/h6-10H,11-12H2,1-5H3,(H,18,19). The second kappa shape index (κ2) is 6.74. The fraction of sp³-hybridized carbons (Fsp3) is 0.529. The van der Waals surface area contributed by atoms with E-state index in [1.54, 1.807) is 7.05 Å². The van der Waals surface area contributed by atoms with E-state index in [0.29, 0.717) is 6.42 Å². The summed E-state index contributed by atoms with van der Waals surface area (Å²) in [6.07, 6.45) is 0.424. The third-order valence-electron chi connectivity index (χ3n) is 3.49. The van der Waals surface area contributed by atoms with E-state index in [4.69, 9.17) is 4.74 Å². The molecule has 0 fully saturated rings. The van der Waals surface area contributed by atoms with Gasteiger partial charge in [0.25, 0.3) is 0 Å². The fourth-order valence-corrected chi connectivity index (χ4v) is 2.51. The minimum absolute atomic E-state index is 0.0774. The lowest BCUT2D eigenvalue weighted by molar-refractivity contribution is -0.157. The van der Waals surface area contributed by atoms with Gasteiger partial charge >= 0.3 is 5.97 Å². The lowest BCUT2D eigenvalue weighted by atomic mass is 9.74. The van der Waals surface area contributed by atoms with Crippen molar-refractivity contribution in [2.24, 2.45) is 10.8 Å². The van der Waals surface area contributed by atoms with Crippen molar-refractivity contribution in [2.45, 2.75) is 40.7 Å². The summed E-state index contributed by atoms with van der Waals surface area (Å²) in [5.41, 5.74) is -0.387. The zero-order chi connectivity index (χ0) is 16.1. The zero-order valence-corrected chi connectivity index (χ0v) is 13.5. The number of esters is 1. The van der Waals surface area contributed by atoms with Crippen LogP contribution < -0.4 is 5.32 Å². The summed E-state index contributed by atoms with van der Waals surface area (Å²) < 4.78 is 5.38. The van der Waals surface area contributed by atoms with Crippen molar-refractivity contribution in [3.8, 4) is 0 Å². The molecule has 0 unspecified atom stereocenters. The van der Waals surface area contributed by atoms with Crippen LogP contribution in [0.1, 0.15) is 39.7 Å². The third-order valence-corrected chi connectivity index (χ3v) is 3.49. The van der Waals surface area contributed by atoms with Gasteiger partial charge in [0.2, 0.25) is 5.91 Å². The van der Waals surface area contributed by atoms with Gasteiger partial charge in [-0.3, -0.25) is 9.59 Å². The highest BCUT2D eigenvalue weighted by Crippen LogP contribution is 2.35. The Balaban J connectivity index is 2.65. The van der Waals surface area contributed by atoms with Crippen LogP contribution in [0.2, 0.25) is 0 Å². The summed E-state index contributed by atoms with van der Waals surface area (Å²) in [6.45, 7) is 7.54. The Morgan fingerprint density at radius 2 is 1.62 bits per heavy atom. The van der Waals surface area contributed by atoms with E-state index in [-0.39, 0.29) is 18.5 Å². The van der Waals surface area contributed by atoms with E-state index in [9.17, 15) is 9.59 Å². The number of amides is 1. The molecule has 1 aromatic carbocycles. The molecule has 0 aliphatic carbocycles. The van der Waals surface area contributed by atoms with Gasteiger partial charge in [0.15, 0.2) is 0 Å². The van der Waals surface area contributed by atoms with Gasteiger partial charge < -0.3 is 10.1 Å². The summed E-state index contributed by atoms with van der Waals surface area (Å²) in [4.78, 5) is 24.1. The van der Waals surface area contributed by atoms with Gasteiger partial charge in [0.1, 0.15) is 6.61 Å². The number of benzene rings is 1. The Morgan fingerprint density at radius 3 is 2.14 bits per heavy atom. The molecule has 0 aliphatic heterocycles. The van der Waals surface area contributed by atoms with Crippen LogP contribution in [0.3, 0.4) is 0 Å². The second-order valence-corrected chi connectivity index (χ2v) is 6.59. The second-order valence-electron chi connectivity index (χ2n) is 6.59. The lowest BCUT2D eigenvalue weighted by Crippen LogP contribution is -2.40. The average Bonchev–Trinajstić information content (AvgIpc) is 2.43. The first-order chi connectivity index (χ1) is 9.69. The number of nitrogens with one attached hydrogen (secondary N) is 1. The Hall–Kier alpha value is -1.84. The number of hydrogen-bond acceptors (Lipinski definition) is 3. The molecule has 4 nitrogen and oxygen atoms in total. The Bertz CT molecular complexity index is 492. The molecule has 1 aromatic rings. The van der Waals surface area contributed by atoms with Crippen LogP contribution in [0, 0.1) is 10.8 Å². The van der Waals surface area contributed by atoms with E-state index in [2.05, 4.69) is 5.32 Å². The molecule has 0 atom stereocenters. The molecule has 116 valence electrons. The maximum absolute atomic E-state index is 12.3. The van der Waals surface area contributed by atoms with Crippen molar-refractivity contribution in [3.63, 3.8) is 0 Å². The van der Waals surface area contributed by atoms with Gasteiger partial charge in [-0.1, -0.05) is 44.2 Å². The molecule has 0 bridgehead atoms. The monoisotopic (exact) mass is 291 g/mol. The van der Waals surface area contributed by atoms with E-state index < -0.39 is 10.8 Å². The molecule has 0 aliphatic rings. The lowest BCUT2D eigenvalue weighted by Gasteiger charge is -2.31. The van der Waals surface area contributed by atoms with Crippen LogP contribution in [-0.2, 0) is 20.9 Å². The third kappa shape index (κ3) is 4.88. The van der Waals surface area contributed by atoms with Crippen LogP contribution in [0.4, 0.5) is 0 Å². The normalized spacial score (nSPS) is 11.9. The van der Waals surface area contributed by atoms with Crippen molar-refractivity contribution in [3.05, 3.63) is 35.9 Å². The van der Waals surface area contributed by atoms with E-state index in [1.807, 2.05) is 58.0 Å². The minimum atomic E-state index is -0.717. The highest BCUT2D eigenvalue weighted by Gasteiger charge is 2.39. The summed E-state index contributed by atoms with van der Waals surface area (Å²) in [5, 5.41) is 2.63. The fourth-order valence-electron chi connectivity index (χ4n) is 2.51. The smallest absolute Gasteiger partial charge is 0.311 e. The van der Waals surface area contributed by atoms with E-state index in [1.165, 1.54) is 0 Å². The van der Waals surface area contributed by atoms with Crippen molar-refractivity contribution in [1.82, 2.24) is 5.32 Å². The molecule has 0 aromatic heterocycles. The summed E-state index contributed by atoms with van der Waals surface area (Å²) in [5.74, 6) is -0.366. The topological polar surface area (TPSA) is 55.4 Å². The molecule has 1 N–H and O–H groups in total. The highest BCUT2D eigenvalue weighted by atomic mass is 16.5. The molecular weight excluding hydrogens is 266 g/mol. The molecule has 4 heteroatoms. The van der Waals surface area contributed by atoms with Gasteiger partial charge in [0, 0.05) is 12.5 Å². The summed E-state index contributed by atoms with van der Waals surface area (Å²) in [6, 6.07) is 9.55.